The maximum atomic E-state index is 12.9. The molecule has 172 valence electrons. The van der Waals surface area contributed by atoms with Crippen LogP contribution in [0.1, 0.15) is 25.8 Å². The maximum Gasteiger partial charge on any atom is 0.272 e. The molecule has 0 spiro atoms. The van der Waals surface area contributed by atoms with Gasteiger partial charge in [0.2, 0.25) is 11.8 Å². The number of hydrogen-bond donors (Lipinski definition) is 5. The predicted molar refractivity (Wildman–Crippen MR) is 120 cm³/mol. The number of carbonyl (C=O) groups excluding carboxylic acids is 3. The van der Waals surface area contributed by atoms with E-state index in [2.05, 4.69) is 10.6 Å². The van der Waals surface area contributed by atoms with Crippen molar-refractivity contribution >= 4 is 17.7 Å². The Morgan fingerprint density at radius 1 is 0.875 bits per heavy atom. The van der Waals surface area contributed by atoms with Gasteiger partial charge in [0.15, 0.2) is 0 Å². The van der Waals surface area contributed by atoms with Gasteiger partial charge in [-0.2, -0.15) is 0 Å². The highest BCUT2D eigenvalue weighted by atomic mass is 16.5. The van der Waals surface area contributed by atoms with Gasteiger partial charge in [-0.1, -0.05) is 68.4 Å². The summed E-state index contributed by atoms with van der Waals surface area (Å²) in [7, 11) is 1.47. The van der Waals surface area contributed by atoms with Gasteiger partial charge in [0, 0.05) is 13.5 Å². The summed E-state index contributed by atoms with van der Waals surface area (Å²) in [5.74, 6) is -3.22. The van der Waals surface area contributed by atoms with E-state index in [1.54, 1.807) is 0 Å². The van der Waals surface area contributed by atoms with Crippen molar-refractivity contribution in [2.75, 3.05) is 7.05 Å². The van der Waals surface area contributed by atoms with Crippen LogP contribution in [0.15, 0.2) is 54.6 Å². The van der Waals surface area contributed by atoms with E-state index >= 15 is 0 Å². The fraction of sp³-hybridized carbons (Fsp3) is 0.375. The number of nitrogens with one attached hydrogen (secondary N) is 3. The standard InChI is InChI=1S/C24H31N3O5/c1-15(2)13-19(21(28)24(31)27-32)22(29)26-20(23(30)25-3)14-16-9-11-18(12-10-16)17-7-5-4-6-8-17/h4-12,15,19-21,28,32H,13-14H2,1-3H3,(H,25,30)(H,26,29)(H,27,31)/t19-,20?,21+/m1/s1. The van der Waals surface area contributed by atoms with Crippen LogP contribution >= 0.6 is 0 Å². The van der Waals surface area contributed by atoms with Gasteiger partial charge >= 0.3 is 0 Å². The molecule has 8 heteroatoms. The Labute approximate surface area is 188 Å². The average molecular weight is 442 g/mol. The summed E-state index contributed by atoms with van der Waals surface area (Å²) < 4.78 is 0. The molecule has 2 aromatic rings. The molecule has 3 atom stereocenters. The number of hydroxylamine groups is 1. The van der Waals surface area contributed by atoms with Gasteiger partial charge in [-0.3, -0.25) is 19.6 Å². The third-order valence-electron chi connectivity index (χ3n) is 5.20. The zero-order valence-corrected chi connectivity index (χ0v) is 18.5. The molecule has 0 radical (unpaired) electrons. The van der Waals surface area contributed by atoms with Gasteiger partial charge in [0.05, 0.1) is 5.92 Å². The quantitative estimate of drug-likeness (QED) is 0.283. The zero-order valence-electron chi connectivity index (χ0n) is 18.5. The Bertz CT molecular complexity index is 900. The summed E-state index contributed by atoms with van der Waals surface area (Å²) in [4.78, 5) is 37.0. The number of amides is 3. The Hall–Kier alpha value is -3.23. The lowest BCUT2D eigenvalue weighted by Crippen LogP contribution is -2.52. The van der Waals surface area contributed by atoms with Crippen LogP contribution in [0.25, 0.3) is 11.1 Å². The van der Waals surface area contributed by atoms with Gasteiger partial charge < -0.3 is 15.7 Å². The second-order valence-electron chi connectivity index (χ2n) is 8.10. The highest BCUT2D eigenvalue weighted by molar-refractivity contribution is 5.92. The fourth-order valence-electron chi connectivity index (χ4n) is 3.50. The monoisotopic (exact) mass is 441 g/mol. The van der Waals surface area contributed by atoms with Gasteiger partial charge in [0.25, 0.3) is 5.91 Å². The van der Waals surface area contributed by atoms with Crippen molar-refractivity contribution in [3.05, 3.63) is 60.2 Å². The number of carbonyl (C=O) groups is 3. The Balaban J connectivity index is 2.17. The van der Waals surface area contributed by atoms with Crippen molar-refractivity contribution < 1.29 is 24.7 Å². The maximum absolute atomic E-state index is 12.9. The lowest BCUT2D eigenvalue weighted by molar-refractivity contribution is -0.147. The number of hydrogen-bond acceptors (Lipinski definition) is 5. The minimum atomic E-state index is -1.74. The first-order valence-corrected chi connectivity index (χ1v) is 10.5. The molecule has 0 aliphatic rings. The Kier molecular flexibility index (Phi) is 9.37. The molecule has 1 unspecified atom stereocenters. The van der Waals surface area contributed by atoms with Crippen LogP contribution in [0.4, 0.5) is 0 Å². The molecule has 5 N–H and O–H groups in total. The van der Waals surface area contributed by atoms with E-state index < -0.39 is 35.8 Å². The molecule has 0 aliphatic carbocycles. The smallest absolute Gasteiger partial charge is 0.272 e. The second-order valence-corrected chi connectivity index (χ2v) is 8.10. The van der Waals surface area contributed by atoms with E-state index in [0.717, 1.165) is 16.7 Å². The van der Waals surface area contributed by atoms with Crippen molar-refractivity contribution in [2.45, 2.75) is 38.8 Å². The van der Waals surface area contributed by atoms with Crippen LogP contribution in [-0.2, 0) is 20.8 Å². The Morgan fingerprint density at radius 2 is 1.47 bits per heavy atom. The second kappa shape index (κ2) is 12.0. The van der Waals surface area contributed by atoms with E-state index in [0.29, 0.717) is 0 Å². The third kappa shape index (κ3) is 6.90. The molecule has 32 heavy (non-hydrogen) atoms. The summed E-state index contributed by atoms with van der Waals surface area (Å²) in [5.41, 5.74) is 4.32. The van der Waals surface area contributed by atoms with E-state index in [1.807, 2.05) is 68.4 Å². The van der Waals surface area contributed by atoms with Crippen molar-refractivity contribution in [1.82, 2.24) is 16.1 Å². The van der Waals surface area contributed by atoms with E-state index in [9.17, 15) is 19.5 Å². The number of rotatable bonds is 10. The van der Waals surface area contributed by atoms with Crippen LogP contribution in [0.2, 0.25) is 0 Å². The van der Waals surface area contributed by atoms with Crippen LogP contribution in [0.3, 0.4) is 0 Å². The molecular formula is C24H31N3O5. The summed E-state index contributed by atoms with van der Waals surface area (Å²) in [6.07, 6.45) is -1.30. The average Bonchev–Trinajstić information content (AvgIpc) is 2.81. The molecule has 0 saturated heterocycles. The first kappa shape index (κ1) is 25.0. The molecule has 0 aliphatic heterocycles. The normalized spacial score (nSPS) is 13.7. The SMILES string of the molecule is CNC(=O)C(Cc1ccc(-c2ccccc2)cc1)NC(=O)[C@H](CC(C)C)[C@H](O)C(=O)NO. The lowest BCUT2D eigenvalue weighted by Gasteiger charge is -2.25. The molecule has 8 nitrogen and oxygen atoms in total. The number of aliphatic hydroxyl groups excluding tert-OH is 1. The summed E-state index contributed by atoms with van der Waals surface area (Å²) in [6.45, 7) is 3.68. The molecule has 0 fully saturated rings. The van der Waals surface area contributed by atoms with Gasteiger partial charge in [0.1, 0.15) is 12.1 Å². The first-order valence-electron chi connectivity index (χ1n) is 10.5. The van der Waals surface area contributed by atoms with E-state index in [1.165, 1.54) is 12.5 Å². The molecule has 0 heterocycles. The molecule has 2 aromatic carbocycles. The van der Waals surface area contributed by atoms with Gasteiger partial charge in [-0.15, -0.1) is 0 Å². The Morgan fingerprint density at radius 3 is 2.00 bits per heavy atom. The predicted octanol–water partition coefficient (Wildman–Crippen LogP) is 1.66. The zero-order chi connectivity index (χ0) is 23.7. The highest BCUT2D eigenvalue weighted by Crippen LogP contribution is 2.20. The van der Waals surface area contributed by atoms with Crippen LogP contribution < -0.4 is 16.1 Å². The van der Waals surface area contributed by atoms with E-state index in [-0.39, 0.29) is 18.8 Å². The summed E-state index contributed by atoms with van der Waals surface area (Å²) in [6, 6.07) is 16.7. The van der Waals surface area contributed by atoms with Gasteiger partial charge in [-0.25, -0.2) is 5.48 Å². The van der Waals surface area contributed by atoms with E-state index in [4.69, 9.17) is 5.21 Å². The van der Waals surface area contributed by atoms with Crippen molar-refractivity contribution in [3.8, 4) is 11.1 Å². The van der Waals surface area contributed by atoms with Crippen LogP contribution in [0, 0.1) is 11.8 Å². The number of benzene rings is 2. The van der Waals surface area contributed by atoms with Crippen molar-refractivity contribution in [1.29, 1.82) is 0 Å². The summed E-state index contributed by atoms with van der Waals surface area (Å²) in [5, 5.41) is 24.2. The minimum absolute atomic E-state index is 0.00382. The largest absolute Gasteiger partial charge is 0.382 e. The fourth-order valence-corrected chi connectivity index (χ4v) is 3.50. The topological polar surface area (TPSA) is 128 Å². The number of aliphatic hydroxyl groups is 1. The van der Waals surface area contributed by atoms with Gasteiger partial charge in [-0.05, 0) is 29.0 Å². The van der Waals surface area contributed by atoms with Crippen molar-refractivity contribution in [3.63, 3.8) is 0 Å². The minimum Gasteiger partial charge on any atom is -0.382 e. The first-order chi connectivity index (χ1) is 15.3. The molecule has 0 aromatic heterocycles. The highest BCUT2D eigenvalue weighted by Gasteiger charge is 2.34. The van der Waals surface area contributed by atoms with Crippen LogP contribution in [0.5, 0.6) is 0 Å². The molecule has 0 saturated carbocycles. The molecule has 2 rings (SSSR count). The summed E-state index contributed by atoms with van der Waals surface area (Å²) >= 11 is 0. The molecular weight excluding hydrogens is 410 g/mol. The number of likely N-dealkylation sites (N-methyl/N-ethyl adjacent to an activating group) is 1. The lowest BCUT2D eigenvalue weighted by atomic mass is 9.90. The molecule has 3 amide bonds. The molecule has 0 bridgehead atoms. The van der Waals surface area contributed by atoms with Crippen molar-refractivity contribution in [2.24, 2.45) is 11.8 Å². The van der Waals surface area contributed by atoms with Crippen LogP contribution in [-0.4, -0.2) is 47.2 Å². The third-order valence-corrected chi connectivity index (χ3v) is 5.20.